The number of imide groups is 1. The third-order valence-corrected chi connectivity index (χ3v) is 6.35. The fourth-order valence-corrected chi connectivity index (χ4v) is 4.87. The molecule has 0 spiro atoms. The van der Waals surface area contributed by atoms with Crippen LogP contribution < -0.4 is 9.80 Å². The number of para-hydroxylation sites is 1. The highest BCUT2D eigenvalue weighted by molar-refractivity contribution is 6.46. The summed E-state index contributed by atoms with van der Waals surface area (Å²) in [6.45, 7) is 6.72. The van der Waals surface area contributed by atoms with E-state index in [0.29, 0.717) is 23.5 Å². The molecule has 2 aliphatic heterocycles. The number of rotatable bonds is 3. The predicted octanol–water partition coefficient (Wildman–Crippen LogP) is 5.35. The minimum absolute atomic E-state index is 0.257. The van der Waals surface area contributed by atoms with Crippen molar-refractivity contribution in [2.45, 2.75) is 33.6 Å². The van der Waals surface area contributed by atoms with Crippen molar-refractivity contribution in [3.05, 3.63) is 100 Å². The Kier molecular flexibility index (Phi) is 4.93. The van der Waals surface area contributed by atoms with Gasteiger partial charge in [-0.2, -0.15) is 0 Å². The zero-order valence-corrected chi connectivity index (χ0v) is 18.7. The average Bonchev–Trinajstić information content (AvgIpc) is 3.03. The fraction of sp³-hybridized carbons (Fsp3) is 0.214. The smallest absolute Gasteiger partial charge is 0.282 e. The molecule has 0 radical (unpaired) electrons. The Hall–Kier alpha value is -3.66. The van der Waals surface area contributed by atoms with Crippen molar-refractivity contribution in [3.8, 4) is 0 Å². The monoisotopic (exact) mass is 422 g/mol. The standard InChI is InChI=1S/C28H26N2O2/c1-18-8-6-11-22(17-18)30-27(31)25(23-14-13-19(2)16-20(23)3)26(28(30)32)29-15-7-10-21-9-4-5-12-24(21)29/h4-6,8-9,11-14,16-17H,7,10,15H2,1-3H3. The molecule has 5 rings (SSSR count). The van der Waals surface area contributed by atoms with Crippen molar-refractivity contribution in [1.29, 1.82) is 0 Å². The van der Waals surface area contributed by atoms with Crippen LogP contribution in [0.3, 0.4) is 0 Å². The lowest BCUT2D eigenvalue weighted by Gasteiger charge is -2.32. The molecule has 0 saturated carbocycles. The Bertz CT molecular complexity index is 1290. The molecule has 4 nitrogen and oxygen atoms in total. The van der Waals surface area contributed by atoms with Crippen LogP contribution in [0.1, 0.15) is 34.2 Å². The van der Waals surface area contributed by atoms with Gasteiger partial charge in [-0.1, -0.05) is 54.1 Å². The fourth-order valence-electron chi connectivity index (χ4n) is 4.87. The van der Waals surface area contributed by atoms with Gasteiger partial charge in [0, 0.05) is 12.2 Å². The van der Waals surface area contributed by atoms with Crippen LogP contribution in [0.25, 0.3) is 5.57 Å². The Morgan fingerprint density at radius 1 is 0.781 bits per heavy atom. The van der Waals surface area contributed by atoms with Crippen molar-refractivity contribution in [2.24, 2.45) is 0 Å². The summed E-state index contributed by atoms with van der Waals surface area (Å²) in [7, 11) is 0. The van der Waals surface area contributed by atoms with E-state index < -0.39 is 0 Å². The maximum atomic E-state index is 13.9. The highest BCUT2D eigenvalue weighted by Gasteiger charge is 2.44. The quantitative estimate of drug-likeness (QED) is 0.534. The zero-order valence-electron chi connectivity index (χ0n) is 18.7. The van der Waals surface area contributed by atoms with Crippen molar-refractivity contribution in [1.82, 2.24) is 0 Å². The second-order valence-electron chi connectivity index (χ2n) is 8.71. The van der Waals surface area contributed by atoms with E-state index in [1.165, 1.54) is 10.5 Å². The lowest BCUT2D eigenvalue weighted by molar-refractivity contribution is -0.120. The van der Waals surface area contributed by atoms with Gasteiger partial charge in [-0.3, -0.25) is 9.59 Å². The summed E-state index contributed by atoms with van der Waals surface area (Å²) in [6, 6.07) is 21.8. The first-order valence-electron chi connectivity index (χ1n) is 11.1. The SMILES string of the molecule is Cc1cccc(N2C(=O)C(c3ccc(C)cc3C)=C(N3CCCc4ccccc43)C2=O)c1. The molecule has 32 heavy (non-hydrogen) atoms. The van der Waals surface area contributed by atoms with Gasteiger partial charge in [-0.25, -0.2) is 4.90 Å². The molecule has 0 aromatic heterocycles. The summed E-state index contributed by atoms with van der Waals surface area (Å²) in [6.07, 6.45) is 1.91. The molecule has 3 aromatic carbocycles. The minimum Gasteiger partial charge on any atom is -0.336 e. The first-order chi connectivity index (χ1) is 15.5. The number of carbonyl (C=O) groups is 2. The van der Waals surface area contributed by atoms with Gasteiger partial charge in [0.1, 0.15) is 5.70 Å². The summed E-state index contributed by atoms with van der Waals surface area (Å²) < 4.78 is 0. The molecule has 160 valence electrons. The Morgan fingerprint density at radius 2 is 1.56 bits per heavy atom. The van der Waals surface area contributed by atoms with Crippen molar-refractivity contribution >= 4 is 28.8 Å². The van der Waals surface area contributed by atoms with Crippen LogP contribution in [0.15, 0.2) is 72.4 Å². The molecule has 0 bridgehead atoms. The number of anilines is 2. The van der Waals surface area contributed by atoms with E-state index in [2.05, 4.69) is 17.0 Å². The Balaban J connectivity index is 1.73. The molecule has 2 amide bonds. The molecule has 2 heterocycles. The van der Waals surface area contributed by atoms with Gasteiger partial charge >= 0.3 is 0 Å². The second kappa shape index (κ2) is 7.79. The maximum absolute atomic E-state index is 13.9. The summed E-state index contributed by atoms with van der Waals surface area (Å²) in [5.74, 6) is -0.516. The molecular formula is C28H26N2O2. The van der Waals surface area contributed by atoms with E-state index in [4.69, 9.17) is 0 Å². The van der Waals surface area contributed by atoms with Crippen molar-refractivity contribution in [3.63, 3.8) is 0 Å². The average molecular weight is 423 g/mol. The number of fused-ring (bicyclic) bond motifs is 1. The number of aryl methyl sites for hydroxylation is 4. The molecule has 0 fully saturated rings. The van der Waals surface area contributed by atoms with E-state index >= 15 is 0 Å². The zero-order chi connectivity index (χ0) is 22.4. The van der Waals surface area contributed by atoms with Gasteiger partial charge in [-0.15, -0.1) is 0 Å². The number of nitrogens with zero attached hydrogens (tertiary/aromatic N) is 2. The van der Waals surface area contributed by atoms with Gasteiger partial charge < -0.3 is 4.90 Å². The van der Waals surface area contributed by atoms with Gasteiger partial charge in [0.25, 0.3) is 11.8 Å². The van der Waals surface area contributed by atoms with Crippen LogP contribution in [0, 0.1) is 20.8 Å². The normalized spacial score (nSPS) is 16.1. The first-order valence-corrected chi connectivity index (χ1v) is 11.1. The largest absolute Gasteiger partial charge is 0.336 e. The lowest BCUT2D eigenvalue weighted by atomic mass is 9.95. The Morgan fingerprint density at radius 3 is 2.34 bits per heavy atom. The summed E-state index contributed by atoms with van der Waals surface area (Å²) in [5, 5.41) is 0. The minimum atomic E-state index is -0.259. The molecule has 3 aromatic rings. The third-order valence-electron chi connectivity index (χ3n) is 6.35. The molecule has 2 aliphatic rings. The molecule has 0 unspecified atom stereocenters. The van der Waals surface area contributed by atoms with Crippen LogP contribution in [0.5, 0.6) is 0 Å². The van der Waals surface area contributed by atoms with Gasteiger partial charge in [0.15, 0.2) is 0 Å². The van der Waals surface area contributed by atoms with E-state index in [9.17, 15) is 9.59 Å². The lowest BCUT2D eigenvalue weighted by Crippen LogP contribution is -2.37. The molecule has 0 aliphatic carbocycles. The van der Waals surface area contributed by atoms with Crippen LogP contribution in [0.4, 0.5) is 11.4 Å². The van der Waals surface area contributed by atoms with Crippen LogP contribution in [0.2, 0.25) is 0 Å². The van der Waals surface area contributed by atoms with Gasteiger partial charge in [0.05, 0.1) is 11.3 Å². The van der Waals surface area contributed by atoms with Crippen LogP contribution in [-0.4, -0.2) is 18.4 Å². The highest BCUT2D eigenvalue weighted by atomic mass is 16.2. The summed E-state index contributed by atoms with van der Waals surface area (Å²) >= 11 is 0. The molecule has 0 N–H and O–H groups in total. The van der Waals surface area contributed by atoms with Crippen LogP contribution in [-0.2, 0) is 16.0 Å². The van der Waals surface area contributed by atoms with Gasteiger partial charge in [0.2, 0.25) is 0 Å². The first kappa shape index (κ1) is 20.3. The topological polar surface area (TPSA) is 40.6 Å². The molecule has 0 saturated heterocycles. The molecule has 0 atom stereocenters. The number of hydrogen-bond donors (Lipinski definition) is 0. The summed E-state index contributed by atoms with van der Waals surface area (Å²) in [5.41, 5.74) is 7.77. The second-order valence-corrected chi connectivity index (χ2v) is 8.71. The Labute approximate surface area is 188 Å². The number of amides is 2. The third kappa shape index (κ3) is 3.23. The predicted molar refractivity (Wildman–Crippen MR) is 129 cm³/mol. The van der Waals surface area contributed by atoms with E-state index in [0.717, 1.165) is 40.8 Å². The highest BCUT2D eigenvalue weighted by Crippen LogP contribution is 2.40. The number of carbonyl (C=O) groups excluding carboxylic acids is 2. The van der Waals surface area contributed by atoms with Crippen LogP contribution >= 0.6 is 0 Å². The van der Waals surface area contributed by atoms with E-state index in [-0.39, 0.29) is 11.8 Å². The number of hydrogen-bond acceptors (Lipinski definition) is 3. The van der Waals surface area contributed by atoms with Gasteiger partial charge in [-0.05, 0) is 74.1 Å². The van der Waals surface area contributed by atoms with Crippen molar-refractivity contribution < 1.29 is 9.59 Å². The molecular weight excluding hydrogens is 396 g/mol. The van der Waals surface area contributed by atoms with E-state index in [1.807, 2.05) is 75.4 Å². The van der Waals surface area contributed by atoms with Crippen molar-refractivity contribution in [2.75, 3.05) is 16.3 Å². The molecule has 4 heteroatoms. The summed E-state index contributed by atoms with van der Waals surface area (Å²) in [4.78, 5) is 31.2. The maximum Gasteiger partial charge on any atom is 0.282 e. The number of benzene rings is 3. The van der Waals surface area contributed by atoms with E-state index in [1.54, 1.807) is 0 Å².